The van der Waals surface area contributed by atoms with E-state index in [4.69, 9.17) is 14.6 Å². The summed E-state index contributed by atoms with van der Waals surface area (Å²) in [6, 6.07) is 9.92. The lowest BCUT2D eigenvalue weighted by atomic mass is 10.1. The SMILES string of the molecule is COc1ccc(C(C(=N)c2ccco2)S(=O)O)cc1. The fraction of sp³-hybridized carbons (Fsp3) is 0.154. The number of nitrogens with one attached hydrogen (secondary N) is 1. The van der Waals surface area contributed by atoms with E-state index < -0.39 is 16.3 Å². The second kappa shape index (κ2) is 5.81. The van der Waals surface area contributed by atoms with Crippen molar-refractivity contribution in [1.29, 1.82) is 5.41 Å². The van der Waals surface area contributed by atoms with Gasteiger partial charge in [0.1, 0.15) is 16.8 Å². The van der Waals surface area contributed by atoms with Gasteiger partial charge in [-0.05, 0) is 29.8 Å². The van der Waals surface area contributed by atoms with Crippen LogP contribution in [0.2, 0.25) is 0 Å². The third-order valence-electron chi connectivity index (χ3n) is 2.67. The molecule has 2 unspecified atom stereocenters. The van der Waals surface area contributed by atoms with Crippen LogP contribution in [0.5, 0.6) is 5.75 Å². The standard InChI is InChI=1S/C13H13NO4S/c1-17-10-6-4-9(5-7-10)13(19(15)16)12(14)11-3-2-8-18-11/h2-8,13-14H,1H3,(H,15,16). The Labute approximate surface area is 113 Å². The van der Waals surface area contributed by atoms with Crippen LogP contribution in [0.3, 0.4) is 0 Å². The smallest absolute Gasteiger partial charge is 0.166 e. The number of rotatable bonds is 5. The fourth-order valence-electron chi connectivity index (χ4n) is 1.72. The molecule has 0 aliphatic rings. The summed E-state index contributed by atoms with van der Waals surface area (Å²) < 4.78 is 31.0. The lowest BCUT2D eigenvalue weighted by Crippen LogP contribution is -2.17. The molecule has 2 atom stereocenters. The average molecular weight is 279 g/mol. The molecule has 2 N–H and O–H groups in total. The van der Waals surface area contributed by atoms with Gasteiger partial charge >= 0.3 is 0 Å². The quantitative estimate of drug-likeness (QED) is 0.651. The maximum atomic E-state index is 11.5. The maximum Gasteiger partial charge on any atom is 0.166 e. The van der Waals surface area contributed by atoms with Gasteiger partial charge in [-0.15, -0.1) is 0 Å². The molecule has 5 nitrogen and oxygen atoms in total. The zero-order valence-electron chi connectivity index (χ0n) is 10.2. The summed E-state index contributed by atoms with van der Waals surface area (Å²) in [4.78, 5) is 0. The van der Waals surface area contributed by atoms with E-state index in [9.17, 15) is 8.76 Å². The van der Waals surface area contributed by atoms with Gasteiger partial charge in [-0.25, -0.2) is 4.21 Å². The van der Waals surface area contributed by atoms with Crippen LogP contribution in [0.25, 0.3) is 0 Å². The lowest BCUT2D eigenvalue weighted by molar-refractivity contribution is 0.414. The summed E-state index contributed by atoms with van der Waals surface area (Å²) in [5.41, 5.74) is 0.527. The molecule has 0 fully saturated rings. The zero-order chi connectivity index (χ0) is 13.8. The van der Waals surface area contributed by atoms with Crippen LogP contribution in [-0.2, 0) is 11.1 Å². The van der Waals surface area contributed by atoms with Crippen LogP contribution in [0.4, 0.5) is 0 Å². The van der Waals surface area contributed by atoms with E-state index in [1.165, 1.54) is 6.26 Å². The maximum absolute atomic E-state index is 11.5. The Kier molecular flexibility index (Phi) is 4.13. The summed E-state index contributed by atoms with van der Waals surface area (Å²) in [5, 5.41) is 7.04. The molecule has 0 spiro atoms. The molecule has 6 heteroatoms. The van der Waals surface area contributed by atoms with E-state index in [-0.39, 0.29) is 11.5 Å². The predicted molar refractivity (Wildman–Crippen MR) is 72.0 cm³/mol. The molecule has 0 aliphatic carbocycles. The Morgan fingerprint density at radius 1 is 1.37 bits per heavy atom. The highest BCUT2D eigenvalue weighted by Crippen LogP contribution is 2.25. The highest BCUT2D eigenvalue weighted by Gasteiger charge is 2.25. The molecule has 0 amide bonds. The fourth-order valence-corrected chi connectivity index (χ4v) is 2.43. The van der Waals surface area contributed by atoms with E-state index in [0.717, 1.165) is 0 Å². The first-order chi connectivity index (χ1) is 9.13. The Hall–Kier alpha value is -1.92. The molecular weight excluding hydrogens is 266 g/mol. The molecule has 0 aliphatic heterocycles. The Bertz CT molecular complexity index is 577. The van der Waals surface area contributed by atoms with Crippen molar-refractivity contribution in [2.75, 3.05) is 7.11 Å². The molecule has 0 saturated carbocycles. The molecular formula is C13H13NO4S. The van der Waals surface area contributed by atoms with Gasteiger partial charge < -0.3 is 13.7 Å². The van der Waals surface area contributed by atoms with E-state index in [0.29, 0.717) is 11.3 Å². The average Bonchev–Trinajstić information content (AvgIpc) is 2.93. The van der Waals surface area contributed by atoms with Crippen molar-refractivity contribution in [2.45, 2.75) is 5.25 Å². The minimum absolute atomic E-state index is 0.0315. The zero-order valence-corrected chi connectivity index (χ0v) is 11.0. The minimum Gasteiger partial charge on any atom is -0.497 e. The van der Waals surface area contributed by atoms with Crippen molar-refractivity contribution >= 4 is 16.8 Å². The normalized spacial score (nSPS) is 13.8. The van der Waals surface area contributed by atoms with Crippen molar-refractivity contribution in [3.63, 3.8) is 0 Å². The molecule has 2 aromatic rings. The first-order valence-electron chi connectivity index (χ1n) is 5.49. The predicted octanol–water partition coefficient (Wildman–Crippen LogP) is 2.62. The van der Waals surface area contributed by atoms with Crippen molar-refractivity contribution in [2.24, 2.45) is 0 Å². The third-order valence-corrected chi connectivity index (χ3v) is 3.58. The highest BCUT2D eigenvalue weighted by molar-refractivity contribution is 7.80. The van der Waals surface area contributed by atoms with Crippen LogP contribution in [-0.4, -0.2) is 21.6 Å². The van der Waals surface area contributed by atoms with E-state index in [1.807, 2.05) is 0 Å². The Balaban J connectivity index is 2.34. The monoisotopic (exact) mass is 279 g/mol. The molecule has 2 rings (SSSR count). The van der Waals surface area contributed by atoms with Crippen LogP contribution in [0.1, 0.15) is 16.6 Å². The molecule has 1 aromatic carbocycles. The van der Waals surface area contributed by atoms with Crippen LogP contribution in [0.15, 0.2) is 47.1 Å². The van der Waals surface area contributed by atoms with Crippen molar-refractivity contribution in [1.82, 2.24) is 0 Å². The van der Waals surface area contributed by atoms with Crippen molar-refractivity contribution < 1.29 is 17.9 Å². The molecule has 0 saturated heterocycles. The second-order valence-electron chi connectivity index (χ2n) is 3.82. The minimum atomic E-state index is -2.20. The number of hydrogen-bond donors (Lipinski definition) is 2. The van der Waals surface area contributed by atoms with Gasteiger partial charge in [-0.3, -0.25) is 5.41 Å². The van der Waals surface area contributed by atoms with Crippen molar-refractivity contribution in [3.05, 3.63) is 54.0 Å². The van der Waals surface area contributed by atoms with Gasteiger partial charge in [0.2, 0.25) is 0 Å². The van der Waals surface area contributed by atoms with Gasteiger partial charge in [0.15, 0.2) is 11.1 Å². The number of ether oxygens (including phenoxy) is 1. The third kappa shape index (κ3) is 2.91. The molecule has 0 bridgehead atoms. The number of hydrogen-bond acceptors (Lipinski definition) is 4. The summed E-state index contributed by atoms with van der Waals surface area (Å²) in [5.74, 6) is 0.930. The van der Waals surface area contributed by atoms with E-state index in [2.05, 4.69) is 0 Å². The highest BCUT2D eigenvalue weighted by atomic mass is 32.2. The molecule has 19 heavy (non-hydrogen) atoms. The van der Waals surface area contributed by atoms with E-state index >= 15 is 0 Å². The molecule has 1 aromatic heterocycles. The van der Waals surface area contributed by atoms with E-state index in [1.54, 1.807) is 43.5 Å². The number of methoxy groups -OCH3 is 1. The van der Waals surface area contributed by atoms with Crippen LogP contribution < -0.4 is 4.74 Å². The topological polar surface area (TPSA) is 83.5 Å². The van der Waals surface area contributed by atoms with Crippen LogP contribution >= 0.6 is 0 Å². The molecule has 100 valence electrons. The first-order valence-corrected chi connectivity index (χ1v) is 6.66. The summed E-state index contributed by atoms with van der Waals surface area (Å²) >= 11 is -2.20. The van der Waals surface area contributed by atoms with Crippen molar-refractivity contribution in [3.8, 4) is 5.75 Å². The summed E-state index contributed by atoms with van der Waals surface area (Å²) in [7, 11) is 1.54. The Morgan fingerprint density at radius 2 is 2.05 bits per heavy atom. The van der Waals surface area contributed by atoms with Gasteiger partial charge in [0.25, 0.3) is 0 Å². The van der Waals surface area contributed by atoms with Gasteiger partial charge in [0, 0.05) is 0 Å². The molecule has 1 heterocycles. The van der Waals surface area contributed by atoms with Gasteiger partial charge in [0.05, 0.1) is 19.1 Å². The second-order valence-corrected chi connectivity index (χ2v) is 4.84. The summed E-state index contributed by atoms with van der Waals surface area (Å²) in [6.45, 7) is 0. The summed E-state index contributed by atoms with van der Waals surface area (Å²) in [6.07, 6.45) is 1.43. The number of benzene rings is 1. The lowest BCUT2D eigenvalue weighted by Gasteiger charge is -2.13. The largest absolute Gasteiger partial charge is 0.497 e. The Morgan fingerprint density at radius 3 is 2.53 bits per heavy atom. The van der Waals surface area contributed by atoms with Gasteiger partial charge in [-0.1, -0.05) is 12.1 Å². The first kappa shape index (κ1) is 13.5. The number of furan rings is 1. The molecule has 0 radical (unpaired) electrons. The van der Waals surface area contributed by atoms with Gasteiger partial charge in [-0.2, -0.15) is 0 Å². The van der Waals surface area contributed by atoms with Crippen LogP contribution in [0, 0.1) is 5.41 Å².